The number of amides is 1. The second-order valence-corrected chi connectivity index (χ2v) is 4.58. The number of carbonyl (C=O) groups is 1. The number of likely N-dealkylation sites (N-methyl/N-ethyl adjacent to an activating group) is 1. The molecule has 0 atom stereocenters. The molecule has 1 aromatic rings. The lowest BCUT2D eigenvalue weighted by Gasteiger charge is -2.21. The molecular formula is C14H20N2O. The highest BCUT2D eigenvalue weighted by Crippen LogP contribution is 2.27. The van der Waals surface area contributed by atoms with Gasteiger partial charge in [-0.3, -0.25) is 9.69 Å². The fourth-order valence-electron chi connectivity index (χ4n) is 2.01. The number of carbonyl (C=O) groups excluding carboxylic acids is 1. The van der Waals surface area contributed by atoms with Crippen LogP contribution in [0.15, 0.2) is 30.3 Å². The van der Waals surface area contributed by atoms with Crippen molar-refractivity contribution in [1.82, 2.24) is 10.2 Å². The molecule has 1 aliphatic carbocycles. The zero-order chi connectivity index (χ0) is 12.1. The number of nitrogens with one attached hydrogen (secondary N) is 1. The van der Waals surface area contributed by atoms with Crippen LogP contribution in [-0.4, -0.2) is 29.9 Å². The highest BCUT2D eigenvalue weighted by atomic mass is 16.2. The first kappa shape index (κ1) is 12.1. The second kappa shape index (κ2) is 5.82. The summed E-state index contributed by atoms with van der Waals surface area (Å²) in [4.78, 5) is 13.9. The number of rotatable bonds is 6. The summed E-state index contributed by atoms with van der Waals surface area (Å²) in [6, 6.07) is 11.0. The molecule has 0 aliphatic heterocycles. The Labute approximate surface area is 103 Å². The molecule has 1 aliphatic rings. The van der Waals surface area contributed by atoms with E-state index in [1.54, 1.807) is 0 Å². The van der Waals surface area contributed by atoms with Crippen molar-refractivity contribution in [2.45, 2.75) is 32.4 Å². The van der Waals surface area contributed by atoms with Crippen LogP contribution in [0.5, 0.6) is 0 Å². The second-order valence-electron chi connectivity index (χ2n) is 4.58. The Hall–Kier alpha value is -1.35. The molecule has 92 valence electrons. The fourth-order valence-corrected chi connectivity index (χ4v) is 2.01. The van der Waals surface area contributed by atoms with Crippen LogP contribution in [-0.2, 0) is 11.3 Å². The van der Waals surface area contributed by atoms with Gasteiger partial charge in [0.25, 0.3) is 0 Å². The lowest BCUT2D eigenvalue weighted by molar-refractivity contribution is -0.122. The van der Waals surface area contributed by atoms with Gasteiger partial charge in [0, 0.05) is 19.1 Å². The van der Waals surface area contributed by atoms with Crippen molar-refractivity contribution in [3.8, 4) is 0 Å². The van der Waals surface area contributed by atoms with E-state index in [1.165, 1.54) is 18.4 Å². The molecule has 17 heavy (non-hydrogen) atoms. The van der Waals surface area contributed by atoms with E-state index in [0.717, 1.165) is 6.54 Å². The Morgan fingerprint density at radius 1 is 1.35 bits per heavy atom. The molecule has 1 fully saturated rings. The van der Waals surface area contributed by atoms with E-state index >= 15 is 0 Å². The van der Waals surface area contributed by atoms with Crippen LogP contribution in [0, 0.1) is 0 Å². The van der Waals surface area contributed by atoms with E-state index < -0.39 is 0 Å². The molecule has 3 nitrogen and oxygen atoms in total. The Kier molecular flexibility index (Phi) is 4.15. The Balaban J connectivity index is 1.91. The summed E-state index contributed by atoms with van der Waals surface area (Å²) >= 11 is 0. The molecule has 0 saturated heterocycles. The summed E-state index contributed by atoms with van der Waals surface area (Å²) in [5.41, 5.74) is 1.28. The quantitative estimate of drug-likeness (QED) is 0.811. The van der Waals surface area contributed by atoms with Crippen molar-refractivity contribution in [2.24, 2.45) is 0 Å². The predicted octanol–water partition coefficient (Wildman–Crippen LogP) is 1.79. The molecule has 0 spiro atoms. The molecule has 0 aromatic heterocycles. The van der Waals surface area contributed by atoms with Gasteiger partial charge in [0.15, 0.2) is 0 Å². The minimum Gasteiger partial charge on any atom is -0.355 e. The molecule has 0 heterocycles. The van der Waals surface area contributed by atoms with Gasteiger partial charge in [-0.1, -0.05) is 30.3 Å². The minimum absolute atomic E-state index is 0.135. The van der Waals surface area contributed by atoms with Crippen molar-refractivity contribution >= 4 is 5.91 Å². The first-order valence-electron chi connectivity index (χ1n) is 6.34. The van der Waals surface area contributed by atoms with Crippen LogP contribution in [0.4, 0.5) is 0 Å². The molecule has 3 heteroatoms. The van der Waals surface area contributed by atoms with Gasteiger partial charge in [-0.2, -0.15) is 0 Å². The Morgan fingerprint density at radius 2 is 2.06 bits per heavy atom. The fraction of sp³-hybridized carbons (Fsp3) is 0.500. The third kappa shape index (κ3) is 3.86. The number of hydrogen-bond donors (Lipinski definition) is 1. The van der Waals surface area contributed by atoms with Crippen molar-refractivity contribution < 1.29 is 4.79 Å². The van der Waals surface area contributed by atoms with Crippen LogP contribution in [0.1, 0.15) is 25.3 Å². The Bertz CT molecular complexity index is 360. The van der Waals surface area contributed by atoms with Gasteiger partial charge in [0.05, 0.1) is 6.54 Å². The van der Waals surface area contributed by atoms with Crippen LogP contribution in [0.25, 0.3) is 0 Å². The molecule has 1 saturated carbocycles. The molecule has 2 rings (SSSR count). The Morgan fingerprint density at radius 3 is 2.65 bits per heavy atom. The average Bonchev–Trinajstić information content (AvgIpc) is 3.14. The van der Waals surface area contributed by atoms with E-state index in [4.69, 9.17) is 0 Å². The number of hydrogen-bond acceptors (Lipinski definition) is 2. The molecule has 1 aromatic carbocycles. The third-order valence-electron chi connectivity index (χ3n) is 3.01. The maximum atomic E-state index is 11.6. The average molecular weight is 232 g/mol. The normalized spacial score (nSPS) is 14.9. The maximum Gasteiger partial charge on any atom is 0.234 e. The monoisotopic (exact) mass is 232 g/mol. The highest BCUT2D eigenvalue weighted by Gasteiger charge is 2.29. The first-order valence-corrected chi connectivity index (χ1v) is 6.34. The minimum atomic E-state index is 0.135. The van der Waals surface area contributed by atoms with Gasteiger partial charge in [0.1, 0.15) is 0 Å². The number of benzene rings is 1. The summed E-state index contributed by atoms with van der Waals surface area (Å²) in [6.07, 6.45) is 2.46. The van der Waals surface area contributed by atoms with Crippen molar-refractivity contribution in [3.63, 3.8) is 0 Å². The summed E-state index contributed by atoms with van der Waals surface area (Å²) in [5, 5.41) is 2.86. The zero-order valence-electron chi connectivity index (χ0n) is 10.4. The van der Waals surface area contributed by atoms with E-state index in [-0.39, 0.29) is 5.91 Å². The summed E-state index contributed by atoms with van der Waals surface area (Å²) in [6.45, 7) is 4.06. The van der Waals surface area contributed by atoms with Gasteiger partial charge in [-0.15, -0.1) is 0 Å². The highest BCUT2D eigenvalue weighted by molar-refractivity contribution is 5.78. The van der Waals surface area contributed by atoms with Crippen molar-refractivity contribution in [1.29, 1.82) is 0 Å². The third-order valence-corrected chi connectivity index (χ3v) is 3.01. The largest absolute Gasteiger partial charge is 0.355 e. The lowest BCUT2D eigenvalue weighted by Crippen LogP contribution is -2.38. The van der Waals surface area contributed by atoms with Crippen LogP contribution in [0.2, 0.25) is 0 Å². The molecule has 1 N–H and O–H groups in total. The molecule has 0 bridgehead atoms. The summed E-state index contributed by atoms with van der Waals surface area (Å²) in [7, 11) is 0. The van der Waals surface area contributed by atoms with Gasteiger partial charge in [-0.05, 0) is 25.3 Å². The van der Waals surface area contributed by atoms with Crippen molar-refractivity contribution in [3.05, 3.63) is 35.9 Å². The molecule has 0 radical (unpaired) electrons. The van der Waals surface area contributed by atoms with E-state index in [1.807, 2.05) is 25.1 Å². The summed E-state index contributed by atoms with van der Waals surface area (Å²) < 4.78 is 0. The molecular weight excluding hydrogens is 212 g/mol. The SMILES string of the molecule is CCNC(=O)CN(Cc1ccccc1)C1CC1. The standard InChI is InChI=1S/C14H20N2O/c1-2-15-14(17)11-16(13-8-9-13)10-12-6-4-3-5-7-12/h3-7,13H,2,8-11H2,1H3,(H,15,17). The van der Waals surface area contributed by atoms with Crippen LogP contribution in [0.3, 0.4) is 0 Å². The van der Waals surface area contributed by atoms with Gasteiger partial charge < -0.3 is 5.32 Å². The van der Waals surface area contributed by atoms with Crippen molar-refractivity contribution in [2.75, 3.05) is 13.1 Å². The maximum absolute atomic E-state index is 11.6. The molecule has 0 unspecified atom stereocenters. The summed E-state index contributed by atoms with van der Waals surface area (Å²) in [5.74, 6) is 0.135. The smallest absolute Gasteiger partial charge is 0.234 e. The van der Waals surface area contributed by atoms with E-state index in [9.17, 15) is 4.79 Å². The van der Waals surface area contributed by atoms with Gasteiger partial charge in [-0.25, -0.2) is 0 Å². The van der Waals surface area contributed by atoms with Gasteiger partial charge in [0.2, 0.25) is 5.91 Å². The van der Waals surface area contributed by atoms with E-state index in [2.05, 4.69) is 22.3 Å². The first-order chi connectivity index (χ1) is 8.29. The van der Waals surface area contributed by atoms with Crippen LogP contribution >= 0.6 is 0 Å². The zero-order valence-corrected chi connectivity index (χ0v) is 10.4. The lowest BCUT2D eigenvalue weighted by atomic mass is 10.2. The van der Waals surface area contributed by atoms with Gasteiger partial charge >= 0.3 is 0 Å². The predicted molar refractivity (Wildman–Crippen MR) is 68.6 cm³/mol. The van der Waals surface area contributed by atoms with Crippen LogP contribution < -0.4 is 5.32 Å². The topological polar surface area (TPSA) is 32.3 Å². The molecule has 1 amide bonds. The number of nitrogens with zero attached hydrogens (tertiary/aromatic N) is 1. The van der Waals surface area contributed by atoms with E-state index in [0.29, 0.717) is 19.1 Å².